The maximum Gasteiger partial charge on any atom is 0.223 e. The number of carbonyl (C=O) groups is 1. The van der Waals surface area contributed by atoms with Crippen molar-refractivity contribution in [1.82, 2.24) is 20.0 Å². The van der Waals surface area contributed by atoms with E-state index in [1.165, 1.54) is 16.8 Å². The molecular formula is C20H26N4O. The molecular weight excluding hydrogens is 312 g/mol. The number of aryl methyl sites for hydroxylation is 2. The van der Waals surface area contributed by atoms with Crippen molar-refractivity contribution in [3.63, 3.8) is 0 Å². The minimum Gasteiger partial charge on any atom is -0.354 e. The quantitative estimate of drug-likeness (QED) is 0.911. The molecule has 5 heteroatoms. The van der Waals surface area contributed by atoms with Crippen LogP contribution in [0.25, 0.3) is 0 Å². The van der Waals surface area contributed by atoms with Gasteiger partial charge in [-0.1, -0.05) is 24.3 Å². The van der Waals surface area contributed by atoms with Crippen LogP contribution < -0.4 is 5.32 Å². The van der Waals surface area contributed by atoms with Crippen LogP contribution >= 0.6 is 0 Å². The summed E-state index contributed by atoms with van der Waals surface area (Å²) in [6.45, 7) is 5.59. The average Bonchev–Trinajstić information content (AvgIpc) is 3.39. The van der Waals surface area contributed by atoms with E-state index in [4.69, 9.17) is 0 Å². The van der Waals surface area contributed by atoms with Crippen molar-refractivity contribution in [2.24, 2.45) is 5.92 Å². The van der Waals surface area contributed by atoms with Crippen molar-refractivity contribution in [3.05, 3.63) is 53.3 Å². The highest BCUT2D eigenvalue weighted by Gasteiger charge is 2.31. The van der Waals surface area contributed by atoms with E-state index in [2.05, 4.69) is 57.3 Å². The fraction of sp³-hybridized carbons (Fsp3) is 0.500. The molecule has 0 saturated heterocycles. The van der Waals surface area contributed by atoms with E-state index in [1.807, 2.05) is 6.20 Å². The van der Waals surface area contributed by atoms with Gasteiger partial charge in [0.2, 0.25) is 5.91 Å². The summed E-state index contributed by atoms with van der Waals surface area (Å²) in [6, 6.07) is 11.0. The highest BCUT2D eigenvalue weighted by atomic mass is 16.2. The van der Waals surface area contributed by atoms with Crippen LogP contribution in [0.4, 0.5) is 0 Å². The summed E-state index contributed by atoms with van der Waals surface area (Å²) in [7, 11) is 0. The molecule has 1 atom stereocenters. The Balaban J connectivity index is 1.50. The van der Waals surface area contributed by atoms with Gasteiger partial charge in [0.05, 0.1) is 5.69 Å². The third-order valence-electron chi connectivity index (χ3n) is 5.45. The summed E-state index contributed by atoms with van der Waals surface area (Å²) in [5.41, 5.74) is 3.93. The van der Waals surface area contributed by atoms with Crippen LogP contribution in [-0.4, -0.2) is 33.2 Å². The standard InChI is InChI=1S/C20H26N4O/c1-15-4-2-3-5-17(15)13-23-14-19-8-10-22-24(19)11-9-18(23)12-21-20(25)16-6-7-16/h2-5,8,10,16,18H,6-7,9,11-14H2,1H3,(H,21,25). The van der Waals surface area contributed by atoms with E-state index < -0.39 is 0 Å². The van der Waals surface area contributed by atoms with Gasteiger partial charge in [0.25, 0.3) is 0 Å². The SMILES string of the molecule is Cc1ccccc1CN1Cc2ccnn2CCC1CNC(=O)C1CC1. The monoisotopic (exact) mass is 338 g/mol. The van der Waals surface area contributed by atoms with Crippen LogP contribution in [0, 0.1) is 12.8 Å². The van der Waals surface area contributed by atoms with Crippen molar-refractivity contribution >= 4 is 5.91 Å². The van der Waals surface area contributed by atoms with Crippen LogP contribution in [0.5, 0.6) is 0 Å². The number of nitrogens with one attached hydrogen (secondary N) is 1. The molecule has 0 bridgehead atoms. The van der Waals surface area contributed by atoms with Crippen molar-refractivity contribution in [1.29, 1.82) is 0 Å². The Labute approximate surface area is 149 Å². The van der Waals surface area contributed by atoms with Gasteiger partial charge in [0, 0.05) is 44.3 Å². The molecule has 5 nitrogen and oxygen atoms in total. The summed E-state index contributed by atoms with van der Waals surface area (Å²) in [5, 5.41) is 7.63. The number of benzene rings is 1. The summed E-state index contributed by atoms with van der Waals surface area (Å²) in [6.07, 6.45) is 5.00. The molecule has 1 aromatic carbocycles. The van der Waals surface area contributed by atoms with Crippen LogP contribution in [0.1, 0.15) is 36.1 Å². The van der Waals surface area contributed by atoms with Gasteiger partial charge in [0.1, 0.15) is 0 Å². The van der Waals surface area contributed by atoms with E-state index in [0.717, 1.165) is 45.4 Å². The average molecular weight is 338 g/mol. The first-order valence-electron chi connectivity index (χ1n) is 9.27. The lowest BCUT2D eigenvalue weighted by Gasteiger charge is -2.30. The minimum absolute atomic E-state index is 0.234. The number of rotatable bonds is 5. The molecule has 2 aliphatic rings. The smallest absolute Gasteiger partial charge is 0.223 e. The van der Waals surface area contributed by atoms with E-state index in [-0.39, 0.29) is 11.8 Å². The molecule has 1 N–H and O–H groups in total. The second-order valence-corrected chi connectivity index (χ2v) is 7.34. The van der Waals surface area contributed by atoms with E-state index >= 15 is 0 Å². The third-order valence-corrected chi connectivity index (χ3v) is 5.45. The zero-order valence-electron chi connectivity index (χ0n) is 14.8. The molecule has 2 aromatic rings. The van der Waals surface area contributed by atoms with E-state index in [1.54, 1.807) is 0 Å². The number of carbonyl (C=O) groups excluding carboxylic acids is 1. The molecule has 1 aliphatic heterocycles. The molecule has 2 heterocycles. The summed E-state index contributed by atoms with van der Waals surface area (Å²) in [4.78, 5) is 14.6. The van der Waals surface area contributed by atoms with Gasteiger partial charge in [0.15, 0.2) is 0 Å². The van der Waals surface area contributed by atoms with Gasteiger partial charge < -0.3 is 5.32 Å². The summed E-state index contributed by atoms with van der Waals surface area (Å²) < 4.78 is 2.10. The van der Waals surface area contributed by atoms with Gasteiger partial charge in [-0.05, 0) is 43.4 Å². The molecule has 1 fully saturated rings. The maximum atomic E-state index is 12.1. The Morgan fingerprint density at radius 1 is 1.24 bits per heavy atom. The van der Waals surface area contributed by atoms with Crippen LogP contribution in [0.2, 0.25) is 0 Å². The highest BCUT2D eigenvalue weighted by Crippen LogP contribution is 2.29. The number of aromatic nitrogens is 2. The fourth-order valence-corrected chi connectivity index (χ4v) is 3.62. The Morgan fingerprint density at radius 3 is 2.88 bits per heavy atom. The molecule has 1 saturated carbocycles. The minimum atomic E-state index is 0.234. The van der Waals surface area contributed by atoms with Crippen LogP contribution in [0.3, 0.4) is 0 Å². The van der Waals surface area contributed by atoms with Crippen LogP contribution in [0.15, 0.2) is 36.5 Å². The second-order valence-electron chi connectivity index (χ2n) is 7.34. The van der Waals surface area contributed by atoms with Crippen molar-refractivity contribution in [3.8, 4) is 0 Å². The van der Waals surface area contributed by atoms with E-state index in [0.29, 0.717) is 6.04 Å². The van der Waals surface area contributed by atoms with E-state index in [9.17, 15) is 4.79 Å². The molecule has 1 aliphatic carbocycles. The maximum absolute atomic E-state index is 12.1. The summed E-state index contributed by atoms with van der Waals surface area (Å²) >= 11 is 0. The predicted molar refractivity (Wildman–Crippen MR) is 96.8 cm³/mol. The number of fused-ring (bicyclic) bond motifs is 1. The molecule has 0 spiro atoms. The van der Waals surface area contributed by atoms with Crippen molar-refractivity contribution < 1.29 is 4.79 Å². The Bertz CT molecular complexity index is 750. The lowest BCUT2D eigenvalue weighted by Crippen LogP contribution is -2.43. The largest absolute Gasteiger partial charge is 0.354 e. The first-order chi connectivity index (χ1) is 12.2. The Hall–Kier alpha value is -2.14. The normalized spacial score (nSPS) is 20.8. The molecule has 1 aromatic heterocycles. The Kier molecular flexibility index (Phi) is 4.57. The van der Waals surface area contributed by atoms with Gasteiger partial charge in [-0.3, -0.25) is 14.4 Å². The molecule has 1 unspecified atom stereocenters. The molecule has 0 radical (unpaired) electrons. The van der Waals surface area contributed by atoms with Gasteiger partial charge in [-0.25, -0.2) is 0 Å². The number of hydrogen-bond acceptors (Lipinski definition) is 3. The molecule has 25 heavy (non-hydrogen) atoms. The van der Waals surface area contributed by atoms with Crippen LogP contribution in [-0.2, 0) is 24.4 Å². The lowest BCUT2D eigenvalue weighted by molar-refractivity contribution is -0.122. The molecule has 132 valence electrons. The molecule has 1 amide bonds. The summed E-state index contributed by atoms with van der Waals surface area (Å²) in [5.74, 6) is 0.504. The number of amides is 1. The lowest BCUT2D eigenvalue weighted by atomic mass is 10.1. The predicted octanol–water partition coefficient (Wildman–Crippen LogP) is 2.49. The fourth-order valence-electron chi connectivity index (χ4n) is 3.62. The number of hydrogen-bond donors (Lipinski definition) is 1. The Morgan fingerprint density at radius 2 is 2.08 bits per heavy atom. The molecule has 4 rings (SSSR count). The highest BCUT2D eigenvalue weighted by molar-refractivity contribution is 5.80. The first kappa shape index (κ1) is 16.3. The topological polar surface area (TPSA) is 50.2 Å². The number of nitrogens with zero attached hydrogens (tertiary/aromatic N) is 3. The zero-order chi connectivity index (χ0) is 17.2. The third kappa shape index (κ3) is 3.76. The zero-order valence-corrected chi connectivity index (χ0v) is 14.8. The first-order valence-corrected chi connectivity index (χ1v) is 9.27. The van der Waals surface area contributed by atoms with Crippen molar-refractivity contribution in [2.75, 3.05) is 6.54 Å². The van der Waals surface area contributed by atoms with Gasteiger partial charge >= 0.3 is 0 Å². The second kappa shape index (κ2) is 7.00. The van der Waals surface area contributed by atoms with Gasteiger partial charge in [-0.2, -0.15) is 5.10 Å². The van der Waals surface area contributed by atoms with Gasteiger partial charge in [-0.15, -0.1) is 0 Å². The van der Waals surface area contributed by atoms with Crippen molar-refractivity contribution in [2.45, 2.75) is 51.9 Å².